The number of hydrogen-bond donors (Lipinski definition) is 0. The Morgan fingerprint density at radius 1 is 1.10 bits per heavy atom. The van der Waals surface area contributed by atoms with Crippen LogP contribution in [0.25, 0.3) is 0 Å². The van der Waals surface area contributed by atoms with Crippen molar-refractivity contribution < 1.29 is 4.74 Å². The largest absolute Gasteiger partial charge is 0.514 e. The van der Waals surface area contributed by atoms with E-state index in [1.54, 1.807) is 14.3 Å². The second kappa shape index (κ2) is 11.2. The van der Waals surface area contributed by atoms with Crippen LogP contribution in [0.3, 0.4) is 0 Å². The van der Waals surface area contributed by atoms with Crippen molar-refractivity contribution in [1.29, 1.82) is 0 Å². The first kappa shape index (κ1) is 21.6. The van der Waals surface area contributed by atoms with Crippen molar-refractivity contribution in [3.05, 3.63) is 4.51 Å². The second-order valence-corrected chi connectivity index (χ2v) is 10.9. The summed E-state index contributed by atoms with van der Waals surface area (Å²) in [5.41, 5.74) is 0. The van der Waals surface area contributed by atoms with E-state index in [0.29, 0.717) is 22.4 Å². The fourth-order valence-corrected chi connectivity index (χ4v) is 5.10. The van der Waals surface area contributed by atoms with Crippen LogP contribution in [0.1, 0.15) is 48.5 Å². The third-order valence-corrected chi connectivity index (χ3v) is 5.85. The molecule has 0 aromatic heterocycles. The maximum Gasteiger partial charge on any atom is 0.254 e. The molecule has 0 fully saturated rings. The quantitative estimate of drug-likeness (QED) is 0.279. The fraction of sp³-hybridized carbons (Fsp3) is 0.733. The molecule has 21 heavy (non-hydrogen) atoms. The highest BCUT2D eigenvalue weighted by Crippen LogP contribution is 2.45. The van der Waals surface area contributed by atoms with Gasteiger partial charge in [-0.2, -0.15) is 0 Å². The first-order valence-electron chi connectivity index (χ1n) is 7.14. The Labute approximate surface area is 153 Å². The van der Waals surface area contributed by atoms with Crippen LogP contribution >= 0.6 is 35.7 Å². The molecule has 1 nitrogen and oxygen atoms in total. The molecule has 0 saturated carbocycles. The Hall–Kier alpha value is 0.640. The van der Waals surface area contributed by atoms with Gasteiger partial charge in [0.15, 0.2) is 16.6 Å². The predicted octanol–water partition coefficient (Wildman–Crippen LogP) is 5.44. The van der Waals surface area contributed by atoms with E-state index < -0.39 is 0 Å². The lowest BCUT2D eigenvalue weighted by Gasteiger charge is -2.02. The highest BCUT2D eigenvalue weighted by atomic mass is 32.2. The van der Waals surface area contributed by atoms with Crippen molar-refractivity contribution in [2.75, 3.05) is 6.61 Å². The summed E-state index contributed by atoms with van der Waals surface area (Å²) in [4.78, 5) is 3.14. The van der Waals surface area contributed by atoms with E-state index in [1.807, 2.05) is 41.8 Å². The van der Waals surface area contributed by atoms with Gasteiger partial charge in [0.25, 0.3) is 4.51 Å². The molecule has 1 rings (SSSR count). The maximum absolute atomic E-state index is 4.59. The van der Waals surface area contributed by atoms with E-state index in [9.17, 15) is 0 Å². The third-order valence-electron chi connectivity index (χ3n) is 1.88. The van der Waals surface area contributed by atoms with Crippen molar-refractivity contribution in [2.45, 2.75) is 74.0 Å². The van der Waals surface area contributed by atoms with Crippen LogP contribution in [0.15, 0.2) is 9.79 Å². The molecule has 1 aromatic rings. The zero-order chi connectivity index (χ0) is 16.6. The summed E-state index contributed by atoms with van der Waals surface area (Å²) in [7, 11) is 0. The van der Waals surface area contributed by atoms with Gasteiger partial charge in [0.05, 0.1) is 16.4 Å². The van der Waals surface area contributed by atoms with Gasteiger partial charge in [-0.3, -0.25) is 0 Å². The molecular weight excluding hydrogens is 356 g/mol. The SMILES string of the molecule is CC(C)Sc1c(SC(C)C)c1=[S+]C(C)C.CCOC(=S)[S-]. The van der Waals surface area contributed by atoms with Gasteiger partial charge in [-0.05, 0) is 20.8 Å². The fourth-order valence-electron chi connectivity index (χ4n) is 1.29. The van der Waals surface area contributed by atoms with Gasteiger partial charge >= 0.3 is 0 Å². The number of thioether (sulfide) groups is 2. The molecule has 0 amide bonds. The van der Waals surface area contributed by atoms with E-state index in [-0.39, 0.29) is 4.38 Å². The molecule has 122 valence electrons. The molecule has 0 aliphatic carbocycles. The molecule has 0 unspecified atom stereocenters. The average molecular weight is 383 g/mol. The Kier molecular flexibility index (Phi) is 11.6. The smallest absolute Gasteiger partial charge is 0.254 e. The second-order valence-electron chi connectivity index (χ2n) is 5.17. The number of thiocarbonyl (C=S) groups is 1. The van der Waals surface area contributed by atoms with Crippen LogP contribution < -0.4 is 0 Å². The van der Waals surface area contributed by atoms with Crippen molar-refractivity contribution in [3.63, 3.8) is 0 Å². The lowest BCUT2D eigenvalue weighted by molar-refractivity contribution is 0.346. The monoisotopic (exact) mass is 382 g/mol. The molecule has 0 aliphatic rings. The minimum absolute atomic E-state index is 0.206. The van der Waals surface area contributed by atoms with E-state index in [0.717, 1.165) is 0 Å². The molecule has 0 bridgehead atoms. The average Bonchev–Trinajstić information content (AvgIpc) is 2.88. The van der Waals surface area contributed by atoms with Crippen molar-refractivity contribution in [3.8, 4) is 0 Å². The number of hydrogen-bond acceptors (Lipinski definition) is 5. The third kappa shape index (κ3) is 10.9. The summed E-state index contributed by atoms with van der Waals surface area (Å²) in [5.74, 6) is 0. The topological polar surface area (TPSA) is 9.23 Å². The van der Waals surface area contributed by atoms with Crippen LogP contribution in [0.4, 0.5) is 0 Å². The lowest BCUT2D eigenvalue weighted by Crippen LogP contribution is -1.93. The molecule has 0 N–H and O–H groups in total. The molecular formula is C15H26OS5. The Bertz CT molecular complexity index is 417. The first-order chi connectivity index (χ1) is 9.68. The standard InChI is InChI=1S/C12H21S3.C3H6OS2/c1-7(2)13-10-11(14-8(3)4)12(10)15-9(5)6;1-2-4-3(5)6/h7-9H,1-6H3;2H2,1H3,(H,5,6)/q+1;/p-1. The zero-order valence-electron chi connectivity index (χ0n) is 13.9. The van der Waals surface area contributed by atoms with E-state index >= 15 is 0 Å². The van der Waals surface area contributed by atoms with Gasteiger partial charge in [-0.1, -0.05) is 27.7 Å². The summed E-state index contributed by atoms with van der Waals surface area (Å²) in [6, 6.07) is 0. The molecule has 6 heteroatoms. The molecule has 0 aliphatic heterocycles. The Balaban J connectivity index is 0.000000567. The maximum atomic E-state index is 4.59. The van der Waals surface area contributed by atoms with Crippen LogP contribution in [0.2, 0.25) is 0 Å². The van der Waals surface area contributed by atoms with Gasteiger partial charge in [0.2, 0.25) is 0 Å². The highest BCUT2D eigenvalue weighted by molar-refractivity contribution is 8.04. The van der Waals surface area contributed by atoms with Crippen molar-refractivity contribution in [2.24, 2.45) is 0 Å². The van der Waals surface area contributed by atoms with Gasteiger partial charge in [0, 0.05) is 14.9 Å². The van der Waals surface area contributed by atoms with E-state index in [4.69, 9.17) is 0 Å². The molecule has 1 aromatic carbocycles. The summed E-state index contributed by atoms with van der Waals surface area (Å²) in [6.45, 7) is 16.0. The van der Waals surface area contributed by atoms with E-state index in [1.165, 1.54) is 0 Å². The molecule has 0 spiro atoms. The van der Waals surface area contributed by atoms with Crippen molar-refractivity contribution >= 4 is 64.1 Å². The van der Waals surface area contributed by atoms with Gasteiger partial charge in [-0.25, -0.2) is 0 Å². The molecule has 0 heterocycles. The Morgan fingerprint density at radius 2 is 1.52 bits per heavy atom. The summed E-state index contributed by atoms with van der Waals surface area (Å²) in [6.07, 6.45) is 0. The van der Waals surface area contributed by atoms with Crippen LogP contribution in [0, 0.1) is 4.51 Å². The normalized spacial score (nSPS) is 11.0. The zero-order valence-corrected chi connectivity index (χ0v) is 18.0. The van der Waals surface area contributed by atoms with Gasteiger partial charge in [-0.15, -0.1) is 23.5 Å². The van der Waals surface area contributed by atoms with E-state index in [2.05, 4.69) is 71.1 Å². The number of rotatable bonds is 6. The van der Waals surface area contributed by atoms with Crippen molar-refractivity contribution in [1.82, 2.24) is 0 Å². The van der Waals surface area contributed by atoms with Gasteiger partial charge < -0.3 is 29.6 Å². The van der Waals surface area contributed by atoms with Crippen LogP contribution in [-0.2, 0) is 28.7 Å². The number of ether oxygens (including phenoxy) is 1. The lowest BCUT2D eigenvalue weighted by atomic mass is 10.6. The Morgan fingerprint density at radius 3 is 1.71 bits per heavy atom. The first-order valence-corrected chi connectivity index (χ1v) is 10.6. The minimum Gasteiger partial charge on any atom is -0.514 e. The van der Waals surface area contributed by atoms with Crippen LogP contribution in [0.5, 0.6) is 0 Å². The molecule has 0 atom stereocenters. The highest BCUT2D eigenvalue weighted by Gasteiger charge is 2.30. The van der Waals surface area contributed by atoms with Gasteiger partial charge in [0.1, 0.15) is 0 Å². The molecule has 0 radical (unpaired) electrons. The predicted molar refractivity (Wildman–Crippen MR) is 108 cm³/mol. The molecule has 0 saturated heterocycles. The summed E-state index contributed by atoms with van der Waals surface area (Å²) < 4.78 is 6.37. The summed E-state index contributed by atoms with van der Waals surface area (Å²) >= 11 is 14.8. The van der Waals surface area contributed by atoms with Crippen LogP contribution in [-0.4, -0.2) is 26.7 Å². The minimum atomic E-state index is 0.206. The summed E-state index contributed by atoms with van der Waals surface area (Å²) in [5, 5.41) is 2.11.